The van der Waals surface area contributed by atoms with Crippen molar-refractivity contribution in [1.29, 1.82) is 0 Å². The van der Waals surface area contributed by atoms with Crippen LogP contribution in [-0.4, -0.2) is 33.9 Å². The number of aromatic amines is 1. The lowest BCUT2D eigenvalue weighted by molar-refractivity contribution is -0.118. The maximum Gasteiger partial charge on any atom is 0.296 e. The number of benzene rings is 2. The Balaban J connectivity index is 1.86. The number of Topliss-reactive ketones (excluding diaryl/α,β-unsaturated/α-hetero) is 1. The molecule has 1 aliphatic rings. The molecule has 2 N–H and O–H groups in total. The fraction of sp³-hybridized carbons (Fsp3) is 0.320. The van der Waals surface area contributed by atoms with Gasteiger partial charge in [-0.05, 0) is 60.7 Å². The van der Waals surface area contributed by atoms with Gasteiger partial charge in [-0.2, -0.15) is 0 Å². The van der Waals surface area contributed by atoms with Crippen LogP contribution in [0, 0.1) is 19.8 Å². The van der Waals surface area contributed by atoms with Crippen LogP contribution in [0.5, 0.6) is 5.75 Å². The molecule has 0 radical (unpaired) electrons. The van der Waals surface area contributed by atoms with E-state index in [0.29, 0.717) is 16.8 Å². The van der Waals surface area contributed by atoms with Crippen molar-refractivity contribution < 1.29 is 19.4 Å². The Bertz CT molecular complexity index is 1200. The molecule has 1 atom stereocenters. The molecule has 1 aromatic heterocycles. The van der Waals surface area contributed by atoms with Crippen LogP contribution in [0.2, 0.25) is 0 Å². The minimum Gasteiger partial charge on any atom is -0.503 e. The summed E-state index contributed by atoms with van der Waals surface area (Å²) in [4.78, 5) is 35.5. The molecule has 0 fully saturated rings. The maximum absolute atomic E-state index is 13.2. The summed E-state index contributed by atoms with van der Waals surface area (Å²) in [6, 6.07) is 10.3. The average molecular weight is 434 g/mol. The number of anilines is 1. The number of carbonyl (C=O) groups excluding carboxylic acids is 2. The molecule has 3 aromatic rings. The SMILES string of the molecule is COc1ccc(C2C(C(=O)CC(C)C)=C(O)C(=O)N2c2nc3cc(C)c(C)cc3[nH]2)cc1. The molecule has 0 bridgehead atoms. The maximum atomic E-state index is 13.2. The van der Waals surface area contributed by atoms with E-state index >= 15 is 0 Å². The zero-order valence-electron chi connectivity index (χ0n) is 18.9. The van der Waals surface area contributed by atoms with Crippen LogP contribution in [0.15, 0.2) is 47.7 Å². The second kappa shape index (κ2) is 8.15. The second-order valence-electron chi connectivity index (χ2n) is 8.65. The number of H-pyrrole nitrogens is 1. The van der Waals surface area contributed by atoms with Crippen LogP contribution >= 0.6 is 0 Å². The summed E-state index contributed by atoms with van der Waals surface area (Å²) in [6.45, 7) is 7.86. The van der Waals surface area contributed by atoms with Gasteiger partial charge in [0.15, 0.2) is 11.5 Å². The van der Waals surface area contributed by atoms with Crippen LogP contribution in [0.25, 0.3) is 11.0 Å². The van der Waals surface area contributed by atoms with Gasteiger partial charge in [0.2, 0.25) is 5.95 Å². The van der Waals surface area contributed by atoms with Crippen molar-refractivity contribution in [3.8, 4) is 5.75 Å². The number of aryl methyl sites for hydroxylation is 2. The van der Waals surface area contributed by atoms with Gasteiger partial charge in [0.25, 0.3) is 5.91 Å². The van der Waals surface area contributed by atoms with Crippen LogP contribution < -0.4 is 9.64 Å². The number of methoxy groups -OCH3 is 1. The quantitative estimate of drug-likeness (QED) is 0.587. The van der Waals surface area contributed by atoms with Gasteiger partial charge in [0, 0.05) is 6.42 Å². The molecule has 1 unspecified atom stereocenters. The predicted molar refractivity (Wildman–Crippen MR) is 123 cm³/mol. The number of amides is 1. The molecule has 4 rings (SSSR count). The normalized spacial score (nSPS) is 16.5. The zero-order valence-corrected chi connectivity index (χ0v) is 18.9. The number of nitrogens with zero attached hydrogens (tertiary/aromatic N) is 2. The number of ether oxygens (including phenoxy) is 1. The Morgan fingerprint density at radius 2 is 1.84 bits per heavy atom. The second-order valence-corrected chi connectivity index (χ2v) is 8.65. The highest BCUT2D eigenvalue weighted by Crippen LogP contribution is 2.41. The molecule has 7 heteroatoms. The van der Waals surface area contributed by atoms with Crippen molar-refractivity contribution in [2.24, 2.45) is 5.92 Å². The number of rotatable bonds is 6. The van der Waals surface area contributed by atoms with Gasteiger partial charge in [-0.15, -0.1) is 0 Å². The van der Waals surface area contributed by atoms with E-state index in [1.165, 1.54) is 4.90 Å². The minimum absolute atomic E-state index is 0.0839. The topological polar surface area (TPSA) is 95.5 Å². The summed E-state index contributed by atoms with van der Waals surface area (Å²) in [6.07, 6.45) is 0.228. The molecule has 0 aliphatic carbocycles. The number of fused-ring (bicyclic) bond motifs is 1. The van der Waals surface area contributed by atoms with Gasteiger partial charge in [0.1, 0.15) is 5.75 Å². The number of aliphatic hydroxyl groups excluding tert-OH is 1. The lowest BCUT2D eigenvalue weighted by Gasteiger charge is -2.25. The number of carbonyl (C=O) groups is 2. The van der Waals surface area contributed by atoms with E-state index in [1.807, 2.05) is 39.8 Å². The van der Waals surface area contributed by atoms with Gasteiger partial charge in [0.05, 0.1) is 29.8 Å². The number of nitrogens with one attached hydrogen (secondary N) is 1. The van der Waals surface area contributed by atoms with E-state index in [9.17, 15) is 14.7 Å². The Hall–Kier alpha value is -3.61. The number of hydrogen-bond donors (Lipinski definition) is 2. The van der Waals surface area contributed by atoms with E-state index in [-0.39, 0.29) is 29.6 Å². The highest BCUT2D eigenvalue weighted by Gasteiger charge is 2.45. The van der Waals surface area contributed by atoms with Crippen molar-refractivity contribution in [3.63, 3.8) is 0 Å². The van der Waals surface area contributed by atoms with Gasteiger partial charge in [-0.25, -0.2) is 4.98 Å². The molecule has 1 amide bonds. The third-order valence-corrected chi connectivity index (χ3v) is 5.85. The van der Waals surface area contributed by atoms with Crippen LogP contribution in [0.1, 0.15) is 43.0 Å². The van der Waals surface area contributed by atoms with E-state index in [1.54, 1.807) is 31.4 Å². The molecule has 0 spiro atoms. The first kappa shape index (κ1) is 21.6. The predicted octanol–water partition coefficient (Wildman–Crippen LogP) is 4.70. The van der Waals surface area contributed by atoms with Gasteiger partial charge < -0.3 is 14.8 Å². The first-order valence-electron chi connectivity index (χ1n) is 10.6. The summed E-state index contributed by atoms with van der Waals surface area (Å²) in [7, 11) is 1.57. The van der Waals surface area contributed by atoms with Crippen molar-refractivity contribution in [2.45, 2.75) is 40.2 Å². The van der Waals surface area contributed by atoms with E-state index < -0.39 is 17.7 Å². The molecule has 2 heterocycles. The minimum atomic E-state index is -0.789. The largest absolute Gasteiger partial charge is 0.503 e. The fourth-order valence-corrected chi connectivity index (χ4v) is 4.06. The monoisotopic (exact) mass is 433 g/mol. The Morgan fingerprint density at radius 1 is 1.19 bits per heavy atom. The first-order chi connectivity index (χ1) is 15.2. The zero-order chi connectivity index (χ0) is 23.2. The van der Waals surface area contributed by atoms with E-state index in [4.69, 9.17) is 4.74 Å². The molecule has 166 valence electrons. The third kappa shape index (κ3) is 3.64. The van der Waals surface area contributed by atoms with Crippen molar-refractivity contribution in [2.75, 3.05) is 12.0 Å². The van der Waals surface area contributed by atoms with Crippen molar-refractivity contribution in [3.05, 3.63) is 64.4 Å². The number of imidazole rings is 1. The molecule has 0 saturated heterocycles. The summed E-state index contributed by atoms with van der Waals surface area (Å²) in [5.41, 5.74) is 4.46. The molecule has 1 aliphatic heterocycles. The molecule has 2 aromatic carbocycles. The van der Waals surface area contributed by atoms with E-state index in [2.05, 4.69) is 9.97 Å². The van der Waals surface area contributed by atoms with Gasteiger partial charge >= 0.3 is 0 Å². The van der Waals surface area contributed by atoms with Crippen LogP contribution in [0.3, 0.4) is 0 Å². The molecule has 7 nitrogen and oxygen atoms in total. The Kier molecular flexibility index (Phi) is 5.50. The van der Waals surface area contributed by atoms with Crippen LogP contribution in [0.4, 0.5) is 5.95 Å². The molecule has 32 heavy (non-hydrogen) atoms. The number of ketones is 1. The van der Waals surface area contributed by atoms with Crippen molar-refractivity contribution in [1.82, 2.24) is 9.97 Å². The summed E-state index contributed by atoms with van der Waals surface area (Å²) >= 11 is 0. The van der Waals surface area contributed by atoms with E-state index in [0.717, 1.165) is 16.6 Å². The number of hydrogen-bond acceptors (Lipinski definition) is 5. The molecular formula is C25H27N3O4. The van der Waals surface area contributed by atoms with Gasteiger partial charge in [-0.1, -0.05) is 26.0 Å². The Labute approximate surface area is 186 Å². The number of aromatic nitrogens is 2. The van der Waals surface area contributed by atoms with Gasteiger partial charge in [-0.3, -0.25) is 14.5 Å². The van der Waals surface area contributed by atoms with Crippen LogP contribution in [-0.2, 0) is 9.59 Å². The molecule has 0 saturated carbocycles. The first-order valence-corrected chi connectivity index (χ1v) is 10.6. The third-order valence-electron chi connectivity index (χ3n) is 5.85. The molecular weight excluding hydrogens is 406 g/mol. The van der Waals surface area contributed by atoms with Crippen molar-refractivity contribution >= 4 is 28.7 Å². The highest BCUT2D eigenvalue weighted by atomic mass is 16.5. The summed E-state index contributed by atoms with van der Waals surface area (Å²) in [5, 5.41) is 10.8. The fourth-order valence-electron chi connectivity index (χ4n) is 4.06. The lowest BCUT2D eigenvalue weighted by atomic mass is 9.92. The summed E-state index contributed by atoms with van der Waals surface area (Å²) in [5.74, 6) is -0.399. The number of aliphatic hydroxyl groups is 1. The highest BCUT2D eigenvalue weighted by molar-refractivity contribution is 6.16. The lowest BCUT2D eigenvalue weighted by Crippen LogP contribution is -2.32. The standard InChI is InChI=1S/C25H27N3O4/c1-13(2)10-20(29)21-22(16-6-8-17(32-5)9-7-16)28(24(31)23(21)30)25-26-18-11-14(3)15(4)12-19(18)27-25/h6-9,11-13,22,30H,10H2,1-5H3,(H,26,27). The smallest absolute Gasteiger partial charge is 0.296 e. The Morgan fingerprint density at radius 3 is 2.47 bits per heavy atom. The average Bonchev–Trinajstić information content (AvgIpc) is 3.26. The summed E-state index contributed by atoms with van der Waals surface area (Å²) < 4.78 is 5.25.